The monoisotopic (exact) mass is 342 g/mol. The second kappa shape index (κ2) is 7.84. The molecule has 0 aliphatic heterocycles. The van der Waals surface area contributed by atoms with E-state index in [9.17, 15) is 0 Å². The van der Waals surface area contributed by atoms with Crippen LogP contribution in [0, 0.1) is 6.92 Å². The fourth-order valence-corrected chi connectivity index (χ4v) is 2.55. The summed E-state index contributed by atoms with van der Waals surface area (Å²) in [5, 5.41) is 7.25. The van der Waals surface area contributed by atoms with Gasteiger partial charge < -0.3 is 15.1 Å². The van der Waals surface area contributed by atoms with E-state index in [4.69, 9.17) is 16.0 Å². The molecule has 2 N–H and O–H groups in total. The number of furan rings is 1. The minimum atomic E-state index is 0.589. The lowest BCUT2D eigenvalue weighted by Gasteiger charge is -2.09. The van der Waals surface area contributed by atoms with Gasteiger partial charge in [0, 0.05) is 23.3 Å². The molecule has 0 saturated heterocycles. The number of benzene rings is 1. The molecule has 2 heterocycles. The normalized spacial score (nSPS) is 10.6. The van der Waals surface area contributed by atoms with Gasteiger partial charge in [-0.25, -0.2) is 4.98 Å². The fourth-order valence-electron chi connectivity index (χ4n) is 2.34. The molecule has 3 aromatic rings. The molecule has 124 valence electrons. The summed E-state index contributed by atoms with van der Waals surface area (Å²) < 4.78 is 5.31. The predicted molar refractivity (Wildman–Crippen MR) is 96.4 cm³/mol. The molecule has 0 bridgehead atoms. The molecule has 0 aliphatic carbocycles. The molecule has 2 aromatic heterocycles. The standard InChI is InChI=1S/C18H19ClN4O/c1-13-10-17(21-12-16-6-3-9-24-16)23-18(22-13)20-8-7-14-4-2-5-15(19)11-14/h2-6,9-11H,7-8,12H2,1H3,(H2,20,21,22,23). The van der Waals surface area contributed by atoms with Crippen molar-refractivity contribution in [2.45, 2.75) is 19.9 Å². The van der Waals surface area contributed by atoms with Gasteiger partial charge in [0.2, 0.25) is 5.95 Å². The lowest BCUT2D eigenvalue weighted by atomic mass is 10.1. The van der Waals surface area contributed by atoms with Crippen molar-refractivity contribution >= 4 is 23.4 Å². The Hall–Kier alpha value is -2.53. The van der Waals surface area contributed by atoms with Crippen LogP contribution in [0.25, 0.3) is 0 Å². The van der Waals surface area contributed by atoms with E-state index in [0.717, 1.165) is 35.3 Å². The Bertz CT molecular complexity index is 789. The molecule has 1 aromatic carbocycles. The molecule has 0 fully saturated rings. The van der Waals surface area contributed by atoms with E-state index >= 15 is 0 Å². The minimum Gasteiger partial charge on any atom is -0.467 e. The van der Waals surface area contributed by atoms with Crippen molar-refractivity contribution in [3.63, 3.8) is 0 Å². The molecule has 0 saturated carbocycles. The average molecular weight is 343 g/mol. The number of nitrogens with zero attached hydrogens (tertiary/aromatic N) is 2. The Morgan fingerprint density at radius 1 is 1.08 bits per heavy atom. The summed E-state index contributed by atoms with van der Waals surface area (Å²) in [4.78, 5) is 8.90. The van der Waals surface area contributed by atoms with Crippen LogP contribution in [0.3, 0.4) is 0 Å². The largest absolute Gasteiger partial charge is 0.467 e. The number of hydrogen-bond donors (Lipinski definition) is 2. The molecule has 3 rings (SSSR count). The highest BCUT2D eigenvalue weighted by Gasteiger charge is 2.03. The van der Waals surface area contributed by atoms with Crippen molar-refractivity contribution in [3.05, 3.63) is 70.8 Å². The van der Waals surface area contributed by atoms with Gasteiger partial charge in [0.15, 0.2) is 0 Å². The molecule has 5 nitrogen and oxygen atoms in total. The van der Waals surface area contributed by atoms with Gasteiger partial charge in [-0.05, 0) is 43.2 Å². The summed E-state index contributed by atoms with van der Waals surface area (Å²) in [7, 11) is 0. The predicted octanol–water partition coefficient (Wildman–Crippen LogP) is 4.30. The minimum absolute atomic E-state index is 0.589. The van der Waals surface area contributed by atoms with Gasteiger partial charge >= 0.3 is 0 Å². The zero-order chi connectivity index (χ0) is 16.8. The first-order valence-electron chi connectivity index (χ1n) is 7.79. The number of hydrogen-bond acceptors (Lipinski definition) is 5. The van der Waals surface area contributed by atoms with Crippen LogP contribution >= 0.6 is 11.6 Å². The summed E-state index contributed by atoms with van der Waals surface area (Å²) in [6, 6.07) is 13.6. The Kier molecular flexibility index (Phi) is 5.33. The highest BCUT2D eigenvalue weighted by molar-refractivity contribution is 6.30. The summed E-state index contributed by atoms with van der Waals surface area (Å²) >= 11 is 6.00. The number of rotatable bonds is 7. The van der Waals surface area contributed by atoms with Crippen LogP contribution in [0.1, 0.15) is 17.0 Å². The van der Waals surface area contributed by atoms with Crippen molar-refractivity contribution in [1.29, 1.82) is 0 Å². The quantitative estimate of drug-likeness (QED) is 0.670. The molecule has 0 atom stereocenters. The van der Waals surface area contributed by atoms with Crippen molar-refractivity contribution in [2.24, 2.45) is 0 Å². The van der Waals surface area contributed by atoms with Crippen molar-refractivity contribution < 1.29 is 4.42 Å². The molecular weight excluding hydrogens is 324 g/mol. The maximum absolute atomic E-state index is 6.00. The van der Waals surface area contributed by atoms with E-state index in [1.807, 2.05) is 43.3 Å². The lowest BCUT2D eigenvalue weighted by Crippen LogP contribution is -2.10. The number of nitrogens with one attached hydrogen (secondary N) is 2. The molecule has 0 aliphatic rings. The summed E-state index contributed by atoms with van der Waals surface area (Å²) in [5.74, 6) is 2.24. The molecule has 0 spiro atoms. The zero-order valence-corrected chi connectivity index (χ0v) is 14.2. The van der Waals surface area contributed by atoms with E-state index in [1.54, 1.807) is 6.26 Å². The SMILES string of the molecule is Cc1cc(NCc2ccco2)nc(NCCc2cccc(Cl)c2)n1. The smallest absolute Gasteiger partial charge is 0.224 e. The van der Waals surface area contributed by atoms with Crippen molar-refractivity contribution in [2.75, 3.05) is 17.2 Å². The van der Waals surface area contributed by atoms with E-state index in [2.05, 4.69) is 26.7 Å². The Morgan fingerprint density at radius 2 is 2.00 bits per heavy atom. The first kappa shape index (κ1) is 16.3. The first-order valence-corrected chi connectivity index (χ1v) is 8.17. The van der Waals surface area contributed by atoms with Crippen LogP contribution in [-0.4, -0.2) is 16.5 Å². The topological polar surface area (TPSA) is 63.0 Å². The Labute approximate surface area is 146 Å². The summed E-state index contributed by atoms with van der Waals surface area (Å²) in [5.41, 5.74) is 2.08. The van der Waals surface area contributed by atoms with E-state index in [0.29, 0.717) is 12.5 Å². The maximum Gasteiger partial charge on any atom is 0.224 e. The van der Waals surface area contributed by atoms with Gasteiger partial charge in [0.25, 0.3) is 0 Å². The van der Waals surface area contributed by atoms with Crippen molar-refractivity contribution in [1.82, 2.24) is 9.97 Å². The molecule has 6 heteroatoms. The first-order chi connectivity index (χ1) is 11.7. The van der Waals surface area contributed by atoms with Gasteiger partial charge in [-0.2, -0.15) is 4.98 Å². The number of anilines is 2. The Balaban J connectivity index is 1.57. The van der Waals surface area contributed by atoms with Gasteiger partial charge in [0.1, 0.15) is 11.6 Å². The molecule has 0 amide bonds. The third kappa shape index (κ3) is 4.73. The second-order valence-electron chi connectivity index (χ2n) is 5.46. The Morgan fingerprint density at radius 3 is 2.79 bits per heavy atom. The van der Waals surface area contributed by atoms with Crippen LogP contribution in [0.4, 0.5) is 11.8 Å². The number of halogens is 1. The van der Waals surface area contributed by atoms with Gasteiger partial charge in [-0.15, -0.1) is 0 Å². The second-order valence-corrected chi connectivity index (χ2v) is 5.89. The molecule has 0 radical (unpaired) electrons. The van der Waals surface area contributed by atoms with Gasteiger partial charge in [0.05, 0.1) is 12.8 Å². The molecular formula is C18H19ClN4O. The van der Waals surface area contributed by atoms with E-state index in [-0.39, 0.29) is 0 Å². The maximum atomic E-state index is 6.00. The third-order valence-electron chi connectivity index (χ3n) is 3.46. The highest BCUT2D eigenvalue weighted by Crippen LogP contribution is 2.13. The molecule has 0 unspecified atom stereocenters. The molecule has 24 heavy (non-hydrogen) atoms. The van der Waals surface area contributed by atoms with Crippen LogP contribution in [0.15, 0.2) is 53.1 Å². The van der Waals surface area contributed by atoms with Crippen LogP contribution in [0.5, 0.6) is 0 Å². The summed E-state index contributed by atoms with van der Waals surface area (Å²) in [6.45, 7) is 3.27. The highest BCUT2D eigenvalue weighted by atomic mass is 35.5. The lowest BCUT2D eigenvalue weighted by molar-refractivity contribution is 0.518. The number of aromatic nitrogens is 2. The van der Waals surface area contributed by atoms with Gasteiger partial charge in [-0.3, -0.25) is 0 Å². The van der Waals surface area contributed by atoms with Crippen LogP contribution in [-0.2, 0) is 13.0 Å². The zero-order valence-electron chi connectivity index (χ0n) is 13.4. The fraction of sp³-hybridized carbons (Fsp3) is 0.222. The van der Waals surface area contributed by atoms with Crippen LogP contribution < -0.4 is 10.6 Å². The summed E-state index contributed by atoms with van der Waals surface area (Å²) in [6.07, 6.45) is 2.51. The van der Waals surface area contributed by atoms with E-state index < -0.39 is 0 Å². The van der Waals surface area contributed by atoms with Crippen LogP contribution in [0.2, 0.25) is 5.02 Å². The third-order valence-corrected chi connectivity index (χ3v) is 3.70. The number of aryl methyl sites for hydroxylation is 1. The van der Waals surface area contributed by atoms with Gasteiger partial charge in [-0.1, -0.05) is 23.7 Å². The van der Waals surface area contributed by atoms with E-state index in [1.165, 1.54) is 5.56 Å². The van der Waals surface area contributed by atoms with Crippen molar-refractivity contribution in [3.8, 4) is 0 Å². The average Bonchev–Trinajstić information content (AvgIpc) is 3.06.